The Morgan fingerprint density at radius 3 is 3.00 bits per heavy atom. The number of hydrogen-bond donors (Lipinski definition) is 1. The lowest BCUT2D eigenvalue weighted by atomic mass is 10.2. The molecule has 17 heavy (non-hydrogen) atoms. The van der Waals surface area contributed by atoms with Gasteiger partial charge in [0.25, 0.3) is 0 Å². The Morgan fingerprint density at radius 1 is 1.35 bits per heavy atom. The zero-order valence-electron chi connectivity index (χ0n) is 9.46. The fraction of sp³-hybridized carbons (Fsp3) is 0.167. The summed E-state index contributed by atoms with van der Waals surface area (Å²) in [6, 6.07) is 4.00. The van der Waals surface area contributed by atoms with Crippen LogP contribution in [-0.2, 0) is 0 Å². The lowest BCUT2D eigenvalue weighted by Crippen LogP contribution is -2.01. The number of H-pyrrole nitrogens is 1. The van der Waals surface area contributed by atoms with Gasteiger partial charge in [-0.2, -0.15) is 5.10 Å². The van der Waals surface area contributed by atoms with Crippen molar-refractivity contribution in [1.29, 1.82) is 0 Å². The van der Waals surface area contributed by atoms with E-state index < -0.39 is 0 Å². The van der Waals surface area contributed by atoms with Gasteiger partial charge < -0.3 is 4.98 Å². The number of hydrogen-bond acceptors (Lipinski definition) is 3. The largest absolute Gasteiger partial charge is 0.346 e. The van der Waals surface area contributed by atoms with Crippen molar-refractivity contribution in [3.8, 4) is 11.4 Å². The third-order valence-electron chi connectivity index (χ3n) is 2.66. The fourth-order valence-corrected chi connectivity index (χ4v) is 1.79. The molecule has 0 aliphatic carbocycles. The molecule has 0 saturated heterocycles. The van der Waals surface area contributed by atoms with Crippen LogP contribution in [-0.4, -0.2) is 24.7 Å². The predicted octanol–water partition coefficient (Wildman–Crippen LogP) is 2.22. The molecule has 3 heterocycles. The van der Waals surface area contributed by atoms with Gasteiger partial charge in [0.2, 0.25) is 0 Å². The van der Waals surface area contributed by atoms with Crippen molar-refractivity contribution >= 4 is 11.0 Å². The first-order chi connectivity index (χ1) is 8.25. The molecule has 0 fully saturated rings. The highest BCUT2D eigenvalue weighted by atomic mass is 15.3. The zero-order valence-corrected chi connectivity index (χ0v) is 9.46. The van der Waals surface area contributed by atoms with Crippen LogP contribution in [0.15, 0.2) is 30.9 Å². The highest BCUT2D eigenvalue weighted by molar-refractivity contribution is 5.89. The van der Waals surface area contributed by atoms with E-state index in [2.05, 4.69) is 27.0 Å². The molecule has 1 N–H and O–H groups in total. The van der Waals surface area contributed by atoms with E-state index >= 15 is 0 Å². The van der Waals surface area contributed by atoms with Crippen molar-refractivity contribution < 1.29 is 0 Å². The minimum atomic E-state index is 0.104. The molecular formula is C12H12N5. The van der Waals surface area contributed by atoms with Gasteiger partial charge in [0.1, 0.15) is 23.4 Å². The summed E-state index contributed by atoms with van der Waals surface area (Å²) in [5.41, 5.74) is 2.51. The molecule has 0 aliphatic rings. The molecule has 5 nitrogen and oxygen atoms in total. The summed E-state index contributed by atoms with van der Waals surface area (Å²) >= 11 is 0. The molecule has 3 aromatic heterocycles. The topological polar surface area (TPSA) is 59.4 Å². The van der Waals surface area contributed by atoms with Gasteiger partial charge in [-0.15, -0.1) is 0 Å². The number of rotatable bonds is 2. The van der Waals surface area contributed by atoms with Crippen LogP contribution in [0.3, 0.4) is 0 Å². The average Bonchev–Trinajstić information content (AvgIpc) is 2.97. The molecule has 0 saturated carbocycles. The summed E-state index contributed by atoms with van der Waals surface area (Å²) in [5, 5.41) is 5.44. The molecule has 85 valence electrons. The molecular weight excluding hydrogens is 214 g/mol. The van der Waals surface area contributed by atoms with E-state index in [4.69, 9.17) is 0 Å². The van der Waals surface area contributed by atoms with Crippen molar-refractivity contribution in [2.24, 2.45) is 0 Å². The smallest absolute Gasteiger partial charge is 0.141 e. The maximum atomic E-state index is 4.46. The van der Waals surface area contributed by atoms with E-state index in [1.54, 1.807) is 6.33 Å². The van der Waals surface area contributed by atoms with Crippen molar-refractivity contribution in [3.05, 3.63) is 37.8 Å². The number of nitrogens with one attached hydrogen (secondary N) is 1. The second-order valence-electron chi connectivity index (χ2n) is 3.99. The van der Waals surface area contributed by atoms with Gasteiger partial charge in [0, 0.05) is 23.8 Å². The van der Waals surface area contributed by atoms with Gasteiger partial charge in [0.05, 0.1) is 0 Å². The number of aromatic nitrogens is 5. The van der Waals surface area contributed by atoms with Gasteiger partial charge in [-0.25, -0.2) is 9.97 Å². The lowest BCUT2D eigenvalue weighted by molar-refractivity contribution is 0.579. The Bertz CT molecular complexity index is 650. The van der Waals surface area contributed by atoms with Gasteiger partial charge in [-0.05, 0) is 26.0 Å². The fourth-order valence-electron chi connectivity index (χ4n) is 1.79. The standard InChI is InChI=1S/C12H12N5/c1-8(2)17-6-4-10(16-17)11-9-3-5-13-12(9)15-7-14-11/h3-8H,1H2,2H3,(H,13,14,15). The van der Waals surface area contributed by atoms with E-state index in [0.717, 1.165) is 22.4 Å². The third-order valence-corrected chi connectivity index (χ3v) is 2.66. The molecule has 0 aromatic carbocycles. The average molecular weight is 226 g/mol. The van der Waals surface area contributed by atoms with Crippen LogP contribution in [0.4, 0.5) is 0 Å². The minimum Gasteiger partial charge on any atom is -0.346 e. The monoisotopic (exact) mass is 226 g/mol. The molecule has 0 spiro atoms. The summed E-state index contributed by atoms with van der Waals surface area (Å²) in [5.74, 6) is 0. The van der Waals surface area contributed by atoms with Gasteiger partial charge in [-0.1, -0.05) is 0 Å². The maximum Gasteiger partial charge on any atom is 0.141 e. The van der Waals surface area contributed by atoms with E-state index in [1.807, 2.05) is 36.1 Å². The zero-order chi connectivity index (χ0) is 11.8. The van der Waals surface area contributed by atoms with E-state index in [9.17, 15) is 0 Å². The number of nitrogens with zero attached hydrogens (tertiary/aromatic N) is 4. The van der Waals surface area contributed by atoms with Crippen molar-refractivity contribution in [3.63, 3.8) is 0 Å². The van der Waals surface area contributed by atoms with Crippen LogP contribution in [0.25, 0.3) is 22.4 Å². The van der Waals surface area contributed by atoms with Crippen molar-refractivity contribution in [2.75, 3.05) is 0 Å². The first kappa shape index (κ1) is 10.0. The third kappa shape index (κ3) is 1.60. The van der Waals surface area contributed by atoms with Crippen LogP contribution in [0.1, 0.15) is 13.0 Å². The van der Waals surface area contributed by atoms with E-state index in [0.29, 0.717) is 0 Å². The predicted molar refractivity (Wildman–Crippen MR) is 65.2 cm³/mol. The van der Waals surface area contributed by atoms with Crippen LogP contribution < -0.4 is 0 Å². The summed E-state index contributed by atoms with van der Waals surface area (Å²) in [4.78, 5) is 11.5. The van der Waals surface area contributed by atoms with E-state index in [-0.39, 0.29) is 6.04 Å². The molecule has 1 radical (unpaired) electrons. The summed E-state index contributed by atoms with van der Waals surface area (Å²) in [6.07, 6.45) is 5.30. The Labute approximate surface area is 98.5 Å². The number of aromatic amines is 1. The van der Waals surface area contributed by atoms with Gasteiger partial charge in [-0.3, -0.25) is 4.68 Å². The van der Waals surface area contributed by atoms with Crippen molar-refractivity contribution in [1.82, 2.24) is 24.7 Å². The molecule has 3 rings (SSSR count). The Kier molecular flexibility index (Phi) is 2.18. The second-order valence-corrected chi connectivity index (χ2v) is 3.99. The quantitative estimate of drug-likeness (QED) is 0.728. The van der Waals surface area contributed by atoms with Crippen LogP contribution in [0.5, 0.6) is 0 Å². The minimum absolute atomic E-state index is 0.104. The molecule has 0 bridgehead atoms. The summed E-state index contributed by atoms with van der Waals surface area (Å²) in [7, 11) is 0. The Morgan fingerprint density at radius 2 is 2.24 bits per heavy atom. The number of fused-ring (bicyclic) bond motifs is 1. The molecule has 0 aliphatic heterocycles. The van der Waals surface area contributed by atoms with Gasteiger partial charge in [0.15, 0.2) is 0 Å². The van der Waals surface area contributed by atoms with E-state index in [1.165, 1.54) is 0 Å². The molecule has 3 aromatic rings. The molecule has 5 heteroatoms. The lowest BCUT2D eigenvalue weighted by Gasteiger charge is -2.03. The second kappa shape index (κ2) is 3.69. The normalized spacial score (nSPS) is 11.5. The molecule has 1 atom stereocenters. The van der Waals surface area contributed by atoms with Crippen LogP contribution >= 0.6 is 0 Å². The molecule has 0 amide bonds. The SMILES string of the molecule is [CH2]C(C)n1ccc(-c2ncnc3[nH]ccc23)n1. The summed E-state index contributed by atoms with van der Waals surface area (Å²) < 4.78 is 1.82. The first-order valence-electron chi connectivity index (χ1n) is 5.42. The highest BCUT2D eigenvalue weighted by Crippen LogP contribution is 2.23. The Balaban J connectivity index is 2.16. The van der Waals surface area contributed by atoms with Gasteiger partial charge >= 0.3 is 0 Å². The van der Waals surface area contributed by atoms with Crippen LogP contribution in [0.2, 0.25) is 0 Å². The summed E-state index contributed by atoms with van der Waals surface area (Å²) in [6.45, 7) is 5.92. The van der Waals surface area contributed by atoms with Crippen LogP contribution in [0, 0.1) is 6.92 Å². The Hall–Kier alpha value is -2.17. The molecule has 1 unspecified atom stereocenters. The first-order valence-corrected chi connectivity index (χ1v) is 5.42. The van der Waals surface area contributed by atoms with Crippen molar-refractivity contribution in [2.45, 2.75) is 13.0 Å². The highest BCUT2D eigenvalue weighted by Gasteiger charge is 2.10. The maximum absolute atomic E-state index is 4.46.